The maximum absolute atomic E-state index is 11.5. The predicted octanol–water partition coefficient (Wildman–Crippen LogP) is 2.34. The van der Waals surface area contributed by atoms with Gasteiger partial charge in [-0.15, -0.1) is 0 Å². The second-order valence-electron chi connectivity index (χ2n) is 4.20. The van der Waals surface area contributed by atoms with Crippen molar-refractivity contribution in [1.29, 1.82) is 0 Å². The van der Waals surface area contributed by atoms with Crippen LogP contribution in [0, 0.1) is 0 Å². The quantitative estimate of drug-likeness (QED) is 0.853. The third-order valence-corrected chi connectivity index (χ3v) is 4.58. The highest BCUT2D eigenvalue weighted by atomic mass is 32.2. The van der Waals surface area contributed by atoms with E-state index >= 15 is 0 Å². The normalized spacial score (nSPS) is 11.6. The number of fused-ring (bicyclic) bond motifs is 1. The topological polar surface area (TPSA) is 51.2 Å². The van der Waals surface area contributed by atoms with Gasteiger partial charge in [-0.05, 0) is 22.8 Å². The highest BCUT2D eigenvalue weighted by Gasteiger charge is 2.17. The lowest BCUT2D eigenvalue weighted by molar-refractivity contribution is -0.109. The molecule has 0 fully saturated rings. The van der Waals surface area contributed by atoms with Gasteiger partial charge in [-0.3, -0.25) is 4.79 Å². The van der Waals surface area contributed by atoms with Crippen LogP contribution < -0.4 is 0 Å². The summed E-state index contributed by atoms with van der Waals surface area (Å²) in [7, 11) is -3.60. The SMILES string of the molecule is CC(=O)S(=O)(=O)CCc1cccc2ccccc12. The van der Waals surface area contributed by atoms with Crippen molar-refractivity contribution in [1.82, 2.24) is 0 Å². The number of carbonyl (C=O) groups is 1. The molecule has 2 aromatic rings. The fourth-order valence-electron chi connectivity index (χ4n) is 1.90. The summed E-state index contributed by atoms with van der Waals surface area (Å²) in [6.45, 7) is 1.10. The van der Waals surface area contributed by atoms with Crippen molar-refractivity contribution in [3.63, 3.8) is 0 Å². The van der Waals surface area contributed by atoms with Crippen molar-refractivity contribution >= 4 is 25.7 Å². The average molecular weight is 262 g/mol. The zero-order valence-corrected chi connectivity index (χ0v) is 10.9. The van der Waals surface area contributed by atoms with E-state index in [0.29, 0.717) is 6.42 Å². The molecule has 3 nitrogen and oxygen atoms in total. The fourth-order valence-corrected chi connectivity index (χ4v) is 2.67. The molecule has 0 aliphatic rings. The van der Waals surface area contributed by atoms with Crippen molar-refractivity contribution in [3.8, 4) is 0 Å². The minimum Gasteiger partial charge on any atom is -0.282 e. The van der Waals surface area contributed by atoms with E-state index in [1.807, 2.05) is 42.5 Å². The van der Waals surface area contributed by atoms with E-state index in [4.69, 9.17) is 0 Å². The molecular weight excluding hydrogens is 248 g/mol. The lowest BCUT2D eigenvalue weighted by Gasteiger charge is -2.06. The second-order valence-corrected chi connectivity index (χ2v) is 6.41. The first kappa shape index (κ1) is 12.8. The fraction of sp³-hybridized carbons (Fsp3) is 0.214. The van der Waals surface area contributed by atoms with Crippen molar-refractivity contribution in [2.75, 3.05) is 5.75 Å². The van der Waals surface area contributed by atoms with E-state index in [-0.39, 0.29) is 5.75 Å². The van der Waals surface area contributed by atoms with Crippen LogP contribution in [0.15, 0.2) is 42.5 Å². The zero-order valence-electron chi connectivity index (χ0n) is 10.1. The molecule has 4 heteroatoms. The molecule has 2 rings (SSSR count). The number of hydrogen-bond donors (Lipinski definition) is 0. The second kappa shape index (κ2) is 4.90. The average Bonchev–Trinajstić information content (AvgIpc) is 2.36. The summed E-state index contributed by atoms with van der Waals surface area (Å²) in [4.78, 5) is 11.0. The van der Waals surface area contributed by atoms with E-state index in [2.05, 4.69) is 0 Å². The zero-order chi connectivity index (χ0) is 13.2. The molecule has 18 heavy (non-hydrogen) atoms. The van der Waals surface area contributed by atoms with Crippen LogP contribution in [0.1, 0.15) is 12.5 Å². The summed E-state index contributed by atoms with van der Waals surface area (Å²) in [6.07, 6.45) is 0.364. The molecular formula is C14H14O3S. The van der Waals surface area contributed by atoms with E-state index in [0.717, 1.165) is 23.3 Å². The Hall–Kier alpha value is -1.68. The molecule has 2 aromatic carbocycles. The molecule has 0 aliphatic carbocycles. The third kappa shape index (κ3) is 2.59. The molecule has 0 aromatic heterocycles. The van der Waals surface area contributed by atoms with Crippen LogP contribution in [0.25, 0.3) is 10.8 Å². The van der Waals surface area contributed by atoms with Gasteiger partial charge in [-0.1, -0.05) is 42.5 Å². The first-order valence-electron chi connectivity index (χ1n) is 5.71. The monoisotopic (exact) mass is 262 g/mol. The number of hydrogen-bond acceptors (Lipinski definition) is 3. The van der Waals surface area contributed by atoms with Gasteiger partial charge in [-0.2, -0.15) is 0 Å². The summed E-state index contributed by atoms with van der Waals surface area (Å²) >= 11 is 0. The van der Waals surface area contributed by atoms with Crippen LogP contribution >= 0.6 is 0 Å². The Morgan fingerprint density at radius 1 is 1.06 bits per heavy atom. The molecule has 0 N–H and O–H groups in total. The smallest absolute Gasteiger partial charge is 0.243 e. The van der Waals surface area contributed by atoms with Gasteiger partial charge in [0.15, 0.2) is 0 Å². The first-order chi connectivity index (χ1) is 8.50. The number of benzene rings is 2. The van der Waals surface area contributed by atoms with Crippen molar-refractivity contribution in [2.45, 2.75) is 13.3 Å². The Balaban J connectivity index is 2.31. The van der Waals surface area contributed by atoms with Gasteiger partial charge >= 0.3 is 0 Å². The van der Waals surface area contributed by atoms with Crippen LogP contribution in [0.2, 0.25) is 0 Å². The number of aryl methyl sites for hydroxylation is 1. The van der Waals surface area contributed by atoms with Crippen LogP contribution in [0.3, 0.4) is 0 Å². The minimum absolute atomic E-state index is 0.129. The molecule has 0 amide bonds. The maximum Gasteiger partial charge on any atom is 0.243 e. The third-order valence-electron chi connectivity index (χ3n) is 2.96. The molecule has 0 bridgehead atoms. The van der Waals surface area contributed by atoms with E-state index in [9.17, 15) is 13.2 Å². The largest absolute Gasteiger partial charge is 0.282 e. The van der Waals surface area contributed by atoms with E-state index in [1.54, 1.807) is 0 Å². The molecule has 0 unspecified atom stereocenters. The predicted molar refractivity (Wildman–Crippen MR) is 72.1 cm³/mol. The highest BCUT2D eigenvalue weighted by molar-refractivity contribution is 8.06. The Labute approximate surface area is 106 Å². The van der Waals surface area contributed by atoms with Crippen LogP contribution in [0.5, 0.6) is 0 Å². The maximum atomic E-state index is 11.5. The van der Waals surface area contributed by atoms with Gasteiger partial charge in [0.25, 0.3) is 0 Å². The van der Waals surface area contributed by atoms with Crippen LogP contribution in [0.4, 0.5) is 0 Å². The van der Waals surface area contributed by atoms with Gasteiger partial charge in [0, 0.05) is 6.92 Å². The summed E-state index contributed by atoms with van der Waals surface area (Å²) in [5.74, 6) is -0.129. The molecule has 0 atom stereocenters. The standard InChI is InChI=1S/C14H14O3S/c1-11(15)18(16,17)10-9-13-7-4-6-12-5-2-3-8-14(12)13/h2-8H,9-10H2,1H3. The van der Waals surface area contributed by atoms with Crippen molar-refractivity contribution in [2.24, 2.45) is 0 Å². The lowest BCUT2D eigenvalue weighted by Crippen LogP contribution is -2.16. The minimum atomic E-state index is -3.60. The molecule has 0 saturated carbocycles. The Morgan fingerprint density at radius 2 is 1.72 bits per heavy atom. The summed E-state index contributed by atoms with van der Waals surface area (Å²) in [6, 6.07) is 13.6. The van der Waals surface area contributed by atoms with Crippen LogP contribution in [-0.4, -0.2) is 19.3 Å². The number of sulfone groups is 1. The molecule has 94 valence electrons. The first-order valence-corrected chi connectivity index (χ1v) is 7.36. The van der Waals surface area contributed by atoms with Crippen LogP contribution in [-0.2, 0) is 21.1 Å². The van der Waals surface area contributed by atoms with Gasteiger partial charge < -0.3 is 0 Å². The van der Waals surface area contributed by atoms with Gasteiger partial charge in [0.1, 0.15) is 0 Å². The molecule has 0 saturated heterocycles. The van der Waals surface area contributed by atoms with Gasteiger partial charge in [-0.25, -0.2) is 8.42 Å². The summed E-state index contributed by atoms with van der Waals surface area (Å²) in [5, 5.41) is 1.36. The molecule has 0 aliphatic heterocycles. The summed E-state index contributed by atoms with van der Waals surface area (Å²) in [5.41, 5.74) is 0.956. The van der Waals surface area contributed by atoms with Gasteiger partial charge in [0.05, 0.1) is 5.75 Å². The highest BCUT2D eigenvalue weighted by Crippen LogP contribution is 2.19. The van der Waals surface area contributed by atoms with Crippen molar-refractivity contribution in [3.05, 3.63) is 48.0 Å². The molecule has 0 heterocycles. The van der Waals surface area contributed by atoms with E-state index < -0.39 is 15.0 Å². The molecule has 0 spiro atoms. The molecule has 0 radical (unpaired) electrons. The Kier molecular flexibility index (Phi) is 3.48. The number of rotatable bonds is 3. The number of carbonyl (C=O) groups excluding carboxylic acids is 1. The summed E-state index contributed by atoms with van der Waals surface area (Å²) < 4.78 is 23.0. The Bertz CT molecular complexity index is 682. The van der Waals surface area contributed by atoms with Crippen molar-refractivity contribution < 1.29 is 13.2 Å². The van der Waals surface area contributed by atoms with E-state index in [1.165, 1.54) is 0 Å². The lowest BCUT2D eigenvalue weighted by atomic mass is 10.0. The Morgan fingerprint density at radius 3 is 2.44 bits per heavy atom. The van der Waals surface area contributed by atoms with Gasteiger partial charge in [0.2, 0.25) is 15.0 Å².